The van der Waals surface area contributed by atoms with Crippen molar-refractivity contribution >= 4 is 10.0 Å². The van der Waals surface area contributed by atoms with Crippen molar-refractivity contribution in [3.8, 4) is 0 Å². The summed E-state index contributed by atoms with van der Waals surface area (Å²) in [7, 11) is -3.83. The van der Waals surface area contributed by atoms with Gasteiger partial charge >= 0.3 is 6.18 Å². The zero-order chi connectivity index (χ0) is 13.2. The van der Waals surface area contributed by atoms with Crippen molar-refractivity contribution in [3.63, 3.8) is 0 Å². The van der Waals surface area contributed by atoms with E-state index >= 15 is 0 Å². The van der Waals surface area contributed by atoms with E-state index in [4.69, 9.17) is 0 Å². The molecule has 0 aromatic carbocycles. The van der Waals surface area contributed by atoms with Crippen molar-refractivity contribution in [1.29, 1.82) is 0 Å². The monoisotopic (exact) mass is 261 g/mol. The molecular weight excluding hydrogens is 243 g/mol. The second-order valence-corrected chi connectivity index (χ2v) is 6.65. The molecule has 16 heavy (non-hydrogen) atoms. The minimum absolute atomic E-state index is 0.123. The van der Waals surface area contributed by atoms with Crippen LogP contribution in [0.1, 0.15) is 27.2 Å². The lowest BCUT2D eigenvalue weighted by molar-refractivity contribution is -0.137. The van der Waals surface area contributed by atoms with Crippen molar-refractivity contribution in [2.24, 2.45) is 5.41 Å². The molecule has 0 aromatic heterocycles. The van der Waals surface area contributed by atoms with E-state index in [1.165, 1.54) is 0 Å². The Bertz CT molecular complexity index is 322. The van der Waals surface area contributed by atoms with Gasteiger partial charge in [0.1, 0.15) is 6.54 Å². The Balaban J connectivity index is 4.86. The number of alkyl halides is 3. The smallest absolute Gasteiger partial charge is 0.212 e. The minimum atomic E-state index is -4.51. The first-order chi connectivity index (χ1) is 6.87. The van der Waals surface area contributed by atoms with Crippen LogP contribution in [0, 0.1) is 5.41 Å². The molecule has 0 aliphatic rings. The van der Waals surface area contributed by atoms with E-state index in [9.17, 15) is 21.6 Å². The van der Waals surface area contributed by atoms with E-state index < -0.39 is 28.2 Å². The SMILES string of the molecule is CCC(C)(C)CN(CC(F)(F)F)S(C)(=O)=O. The summed E-state index contributed by atoms with van der Waals surface area (Å²) in [6.45, 7) is 3.74. The van der Waals surface area contributed by atoms with E-state index in [0.29, 0.717) is 10.7 Å². The van der Waals surface area contributed by atoms with Crippen LogP contribution in [-0.2, 0) is 10.0 Å². The molecule has 0 amide bonds. The molecule has 0 atom stereocenters. The van der Waals surface area contributed by atoms with Gasteiger partial charge in [-0.05, 0) is 11.8 Å². The lowest BCUT2D eigenvalue weighted by atomic mass is 9.90. The Morgan fingerprint density at radius 2 is 1.56 bits per heavy atom. The Kier molecular flexibility index (Phi) is 4.82. The summed E-state index contributed by atoms with van der Waals surface area (Å²) in [4.78, 5) is 0. The Morgan fingerprint density at radius 3 is 1.81 bits per heavy atom. The van der Waals surface area contributed by atoms with Crippen molar-refractivity contribution in [2.75, 3.05) is 19.3 Å². The Morgan fingerprint density at radius 1 is 1.12 bits per heavy atom. The summed E-state index contributed by atoms with van der Waals surface area (Å²) >= 11 is 0. The van der Waals surface area contributed by atoms with Gasteiger partial charge in [0.15, 0.2) is 0 Å². The highest BCUT2D eigenvalue weighted by Gasteiger charge is 2.36. The first-order valence-corrected chi connectivity index (χ1v) is 6.74. The second kappa shape index (κ2) is 4.91. The van der Waals surface area contributed by atoms with Crippen LogP contribution >= 0.6 is 0 Å². The molecule has 7 heteroatoms. The van der Waals surface area contributed by atoms with Crippen LogP contribution in [0.4, 0.5) is 13.2 Å². The molecular formula is C9H18F3NO2S. The normalized spacial score (nSPS) is 14.5. The number of sulfonamides is 1. The molecule has 0 radical (unpaired) electrons. The van der Waals surface area contributed by atoms with Crippen LogP contribution < -0.4 is 0 Å². The molecule has 3 nitrogen and oxygen atoms in total. The van der Waals surface area contributed by atoms with Gasteiger partial charge in [0.25, 0.3) is 0 Å². The van der Waals surface area contributed by atoms with Gasteiger partial charge in [0, 0.05) is 6.54 Å². The summed E-state index contributed by atoms with van der Waals surface area (Å²) in [5.41, 5.74) is -0.464. The Hall–Kier alpha value is -0.300. The van der Waals surface area contributed by atoms with Gasteiger partial charge in [0.2, 0.25) is 10.0 Å². The van der Waals surface area contributed by atoms with Gasteiger partial charge in [-0.25, -0.2) is 8.42 Å². The molecule has 0 saturated carbocycles. The van der Waals surface area contributed by atoms with Crippen LogP contribution in [0.3, 0.4) is 0 Å². The van der Waals surface area contributed by atoms with Gasteiger partial charge in [-0.15, -0.1) is 0 Å². The molecule has 0 aromatic rings. The first-order valence-electron chi connectivity index (χ1n) is 4.89. The third kappa shape index (κ3) is 6.32. The predicted octanol–water partition coefficient (Wildman–Crippen LogP) is 2.25. The fraction of sp³-hybridized carbons (Fsp3) is 1.00. The summed E-state index contributed by atoms with van der Waals surface area (Å²) in [5.74, 6) is 0. The lowest BCUT2D eigenvalue weighted by Gasteiger charge is -2.30. The molecule has 0 unspecified atom stereocenters. The molecule has 0 saturated heterocycles. The summed E-state index contributed by atoms with van der Waals surface area (Å²) in [5, 5.41) is 0. The molecule has 0 N–H and O–H groups in total. The van der Waals surface area contributed by atoms with Crippen molar-refractivity contribution < 1.29 is 21.6 Å². The fourth-order valence-corrected chi connectivity index (χ4v) is 2.04. The number of hydrogen-bond donors (Lipinski definition) is 0. The van der Waals surface area contributed by atoms with Gasteiger partial charge < -0.3 is 0 Å². The summed E-state index contributed by atoms with van der Waals surface area (Å²) in [6, 6.07) is 0. The van der Waals surface area contributed by atoms with E-state index in [1.807, 2.05) is 6.92 Å². The number of hydrogen-bond acceptors (Lipinski definition) is 2. The third-order valence-electron chi connectivity index (χ3n) is 2.39. The first kappa shape index (κ1) is 15.7. The Labute approximate surface area is 94.7 Å². The lowest BCUT2D eigenvalue weighted by Crippen LogP contribution is -2.43. The summed E-state index contributed by atoms with van der Waals surface area (Å²) in [6.07, 6.45) is -3.10. The van der Waals surface area contributed by atoms with Gasteiger partial charge in [-0.2, -0.15) is 17.5 Å². The van der Waals surface area contributed by atoms with Crippen LogP contribution in [0.5, 0.6) is 0 Å². The highest BCUT2D eigenvalue weighted by atomic mass is 32.2. The molecule has 0 rings (SSSR count). The molecule has 0 aliphatic carbocycles. The van der Waals surface area contributed by atoms with Crippen molar-refractivity contribution in [2.45, 2.75) is 33.4 Å². The van der Waals surface area contributed by atoms with E-state index in [1.54, 1.807) is 13.8 Å². The van der Waals surface area contributed by atoms with Crippen LogP contribution in [0.2, 0.25) is 0 Å². The molecule has 98 valence electrons. The van der Waals surface area contributed by atoms with Gasteiger partial charge in [0.05, 0.1) is 6.26 Å². The molecule has 0 bridgehead atoms. The average Bonchev–Trinajstić information content (AvgIpc) is 1.98. The average molecular weight is 261 g/mol. The topological polar surface area (TPSA) is 37.4 Å². The van der Waals surface area contributed by atoms with E-state index in [2.05, 4.69) is 0 Å². The van der Waals surface area contributed by atoms with Gasteiger partial charge in [-0.1, -0.05) is 20.8 Å². The zero-order valence-electron chi connectivity index (χ0n) is 9.93. The predicted molar refractivity (Wildman–Crippen MR) is 56.5 cm³/mol. The fourth-order valence-electron chi connectivity index (χ4n) is 1.08. The third-order valence-corrected chi connectivity index (χ3v) is 3.58. The van der Waals surface area contributed by atoms with E-state index in [0.717, 1.165) is 6.26 Å². The number of nitrogens with zero attached hydrogens (tertiary/aromatic N) is 1. The van der Waals surface area contributed by atoms with Crippen LogP contribution in [-0.4, -0.2) is 38.2 Å². The van der Waals surface area contributed by atoms with Crippen molar-refractivity contribution in [3.05, 3.63) is 0 Å². The maximum atomic E-state index is 12.2. The maximum absolute atomic E-state index is 12.2. The zero-order valence-corrected chi connectivity index (χ0v) is 10.7. The van der Waals surface area contributed by atoms with Crippen LogP contribution in [0.25, 0.3) is 0 Å². The van der Waals surface area contributed by atoms with Gasteiger partial charge in [-0.3, -0.25) is 0 Å². The molecule has 0 heterocycles. The maximum Gasteiger partial charge on any atom is 0.402 e. The number of halogens is 3. The largest absolute Gasteiger partial charge is 0.402 e. The van der Waals surface area contributed by atoms with Crippen molar-refractivity contribution in [1.82, 2.24) is 4.31 Å². The minimum Gasteiger partial charge on any atom is -0.212 e. The van der Waals surface area contributed by atoms with Crippen LogP contribution in [0.15, 0.2) is 0 Å². The highest BCUT2D eigenvalue weighted by Crippen LogP contribution is 2.25. The quantitative estimate of drug-likeness (QED) is 0.761. The standard InChI is InChI=1S/C9H18F3NO2S/c1-5-8(2,3)6-13(16(4,14)15)7-9(10,11)12/h5-7H2,1-4H3. The second-order valence-electron chi connectivity index (χ2n) is 4.66. The molecule has 0 fully saturated rings. The molecule has 0 aliphatic heterocycles. The summed E-state index contributed by atoms with van der Waals surface area (Å²) < 4.78 is 59.6. The number of rotatable bonds is 5. The highest BCUT2D eigenvalue weighted by molar-refractivity contribution is 7.88. The van der Waals surface area contributed by atoms with E-state index in [-0.39, 0.29) is 6.54 Å². The molecule has 0 spiro atoms.